The van der Waals surface area contributed by atoms with Crippen LogP contribution < -0.4 is 10.6 Å². The minimum Gasteiger partial charge on any atom is -0.370 e. The van der Waals surface area contributed by atoms with Gasteiger partial charge in [-0.2, -0.15) is 0 Å². The van der Waals surface area contributed by atoms with Crippen molar-refractivity contribution in [3.63, 3.8) is 0 Å². The van der Waals surface area contributed by atoms with Gasteiger partial charge < -0.3 is 10.6 Å². The van der Waals surface area contributed by atoms with Crippen LogP contribution in [0.25, 0.3) is 0 Å². The van der Waals surface area contributed by atoms with Gasteiger partial charge in [0.05, 0.1) is 0 Å². The van der Waals surface area contributed by atoms with E-state index in [0.29, 0.717) is 17.5 Å². The summed E-state index contributed by atoms with van der Waals surface area (Å²) in [6, 6.07) is 4.14. The van der Waals surface area contributed by atoms with E-state index in [1.807, 2.05) is 12.1 Å². The topological polar surface area (TPSA) is 54.0 Å². The summed E-state index contributed by atoms with van der Waals surface area (Å²) >= 11 is 0. The molecule has 1 aromatic heterocycles. The highest BCUT2D eigenvalue weighted by atomic mass is 16.1. The van der Waals surface area contributed by atoms with Crippen LogP contribution in [0.15, 0.2) is 12.1 Å². The van der Waals surface area contributed by atoms with Gasteiger partial charge in [0.2, 0.25) is 0 Å². The average Bonchev–Trinajstić information content (AvgIpc) is 2.39. The molecule has 0 atom stereocenters. The van der Waals surface area contributed by atoms with Gasteiger partial charge in [0.1, 0.15) is 5.82 Å². The lowest BCUT2D eigenvalue weighted by molar-refractivity contribution is 0.0917. The predicted molar refractivity (Wildman–Crippen MR) is 82.2 cm³/mol. The van der Waals surface area contributed by atoms with Crippen molar-refractivity contribution >= 4 is 11.7 Å². The Kier molecular flexibility index (Phi) is 4.99. The molecule has 1 aromatic rings. The lowest BCUT2D eigenvalue weighted by Gasteiger charge is -2.26. The van der Waals surface area contributed by atoms with Gasteiger partial charge in [-0.25, -0.2) is 4.98 Å². The van der Waals surface area contributed by atoms with Gasteiger partial charge in [-0.3, -0.25) is 4.79 Å². The lowest BCUT2D eigenvalue weighted by atomic mass is 9.93. The molecule has 1 aliphatic carbocycles. The molecule has 4 nitrogen and oxygen atoms in total. The van der Waals surface area contributed by atoms with Gasteiger partial charge in [-0.1, -0.05) is 20.8 Å². The van der Waals surface area contributed by atoms with E-state index in [1.165, 1.54) is 6.42 Å². The Hall–Kier alpha value is -1.58. The molecule has 110 valence electrons. The van der Waals surface area contributed by atoms with Gasteiger partial charge in [-0.05, 0) is 43.7 Å². The SMILES string of the molecule is CCCNc1cc(C(=O)NC2CCC2)cc(C(C)C)n1. The summed E-state index contributed by atoms with van der Waals surface area (Å²) in [5, 5.41) is 6.36. The fourth-order valence-electron chi connectivity index (χ4n) is 2.14. The third-order valence-corrected chi connectivity index (χ3v) is 3.70. The molecule has 0 unspecified atom stereocenters. The van der Waals surface area contributed by atoms with Crippen molar-refractivity contribution in [2.24, 2.45) is 0 Å². The summed E-state index contributed by atoms with van der Waals surface area (Å²) in [6.45, 7) is 7.18. The smallest absolute Gasteiger partial charge is 0.251 e. The molecule has 1 fully saturated rings. The maximum atomic E-state index is 12.3. The van der Waals surface area contributed by atoms with Crippen LogP contribution in [-0.2, 0) is 0 Å². The number of hydrogen-bond donors (Lipinski definition) is 2. The highest BCUT2D eigenvalue weighted by molar-refractivity contribution is 5.95. The van der Waals surface area contributed by atoms with Crippen molar-refractivity contribution < 1.29 is 4.79 Å². The molecule has 1 aliphatic rings. The number of carbonyl (C=O) groups excluding carboxylic acids is 1. The summed E-state index contributed by atoms with van der Waals surface area (Å²) in [5.74, 6) is 1.14. The molecule has 1 saturated carbocycles. The van der Waals surface area contributed by atoms with Crippen molar-refractivity contribution in [1.29, 1.82) is 0 Å². The highest BCUT2D eigenvalue weighted by Gasteiger charge is 2.21. The normalized spacial score (nSPS) is 15.0. The second-order valence-corrected chi connectivity index (χ2v) is 5.85. The summed E-state index contributed by atoms with van der Waals surface area (Å²) in [6.07, 6.45) is 4.47. The third kappa shape index (κ3) is 3.71. The molecule has 20 heavy (non-hydrogen) atoms. The Morgan fingerprint density at radius 1 is 1.40 bits per heavy atom. The van der Waals surface area contributed by atoms with Crippen LogP contribution in [0.1, 0.15) is 68.4 Å². The van der Waals surface area contributed by atoms with E-state index in [9.17, 15) is 4.79 Å². The Bertz CT molecular complexity index is 467. The molecule has 1 amide bonds. The first-order valence-electron chi connectivity index (χ1n) is 7.67. The molecule has 1 heterocycles. The van der Waals surface area contributed by atoms with Crippen LogP contribution in [0.5, 0.6) is 0 Å². The first-order chi connectivity index (χ1) is 9.60. The van der Waals surface area contributed by atoms with E-state index in [4.69, 9.17) is 0 Å². The standard InChI is InChI=1S/C16H25N3O/c1-4-8-17-15-10-12(9-14(19-15)11(2)3)16(20)18-13-6-5-7-13/h9-11,13H,4-8H2,1-3H3,(H,17,19)(H,18,20). The maximum Gasteiger partial charge on any atom is 0.251 e. The second kappa shape index (κ2) is 6.73. The molecule has 0 spiro atoms. The van der Waals surface area contributed by atoms with Gasteiger partial charge in [0.15, 0.2) is 0 Å². The molecule has 0 bridgehead atoms. The number of amides is 1. The first kappa shape index (κ1) is 14.8. The first-order valence-corrected chi connectivity index (χ1v) is 7.67. The number of aromatic nitrogens is 1. The van der Waals surface area contributed by atoms with Crippen molar-refractivity contribution in [1.82, 2.24) is 10.3 Å². The number of pyridine rings is 1. The van der Waals surface area contributed by atoms with Crippen molar-refractivity contribution in [3.8, 4) is 0 Å². The summed E-state index contributed by atoms with van der Waals surface area (Å²) in [7, 11) is 0. The minimum absolute atomic E-state index is 0.0264. The monoisotopic (exact) mass is 275 g/mol. The van der Waals surface area contributed by atoms with E-state index >= 15 is 0 Å². The number of anilines is 1. The van der Waals surface area contributed by atoms with E-state index < -0.39 is 0 Å². The number of hydrogen-bond acceptors (Lipinski definition) is 3. The third-order valence-electron chi connectivity index (χ3n) is 3.70. The Labute approximate surface area is 121 Å². The quantitative estimate of drug-likeness (QED) is 0.837. The molecule has 2 N–H and O–H groups in total. The Balaban J connectivity index is 2.16. The number of carbonyl (C=O) groups is 1. The van der Waals surface area contributed by atoms with Crippen LogP contribution >= 0.6 is 0 Å². The molecule has 4 heteroatoms. The zero-order valence-corrected chi connectivity index (χ0v) is 12.7. The summed E-state index contributed by atoms with van der Waals surface area (Å²) < 4.78 is 0. The zero-order valence-electron chi connectivity index (χ0n) is 12.7. The Morgan fingerprint density at radius 2 is 2.15 bits per heavy atom. The molecule has 2 rings (SSSR count). The zero-order chi connectivity index (χ0) is 14.5. The molecular formula is C16H25N3O. The van der Waals surface area contributed by atoms with E-state index in [-0.39, 0.29) is 5.91 Å². The van der Waals surface area contributed by atoms with Gasteiger partial charge >= 0.3 is 0 Å². The van der Waals surface area contributed by atoms with Crippen molar-refractivity contribution in [2.45, 2.75) is 58.4 Å². The molecule has 0 radical (unpaired) electrons. The van der Waals surface area contributed by atoms with Crippen molar-refractivity contribution in [3.05, 3.63) is 23.4 Å². The average molecular weight is 275 g/mol. The predicted octanol–water partition coefficient (Wildman–Crippen LogP) is 3.31. The van der Waals surface area contributed by atoms with E-state index in [1.54, 1.807) is 0 Å². The van der Waals surface area contributed by atoms with Gasteiger partial charge in [0, 0.05) is 23.8 Å². The Morgan fingerprint density at radius 3 is 2.70 bits per heavy atom. The van der Waals surface area contributed by atoms with E-state index in [2.05, 4.69) is 36.4 Å². The highest BCUT2D eigenvalue weighted by Crippen LogP contribution is 2.21. The molecule has 0 aromatic carbocycles. The van der Waals surface area contributed by atoms with Crippen LogP contribution in [0, 0.1) is 0 Å². The minimum atomic E-state index is 0.0264. The van der Waals surface area contributed by atoms with Gasteiger partial charge in [0.25, 0.3) is 5.91 Å². The van der Waals surface area contributed by atoms with Crippen LogP contribution in [0.2, 0.25) is 0 Å². The van der Waals surface area contributed by atoms with Crippen LogP contribution in [-0.4, -0.2) is 23.5 Å². The maximum absolute atomic E-state index is 12.3. The van der Waals surface area contributed by atoms with Gasteiger partial charge in [-0.15, -0.1) is 0 Å². The van der Waals surface area contributed by atoms with Crippen molar-refractivity contribution in [2.75, 3.05) is 11.9 Å². The summed E-state index contributed by atoms with van der Waals surface area (Å²) in [4.78, 5) is 16.9. The number of nitrogens with one attached hydrogen (secondary N) is 2. The second-order valence-electron chi connectivity index (χ2n) is 5.85. The molecular weight excluding hydrogens is 250 g/mol. The summed E-state index contributed by atoms with van der Waals surface area (Å²) in [5.41, 5.74) is 1.68. The largest absolute Gasteiger partial charge is 0.370 e. The molecule has 0 aliphatic heterocycles. The number of rotatable bonds is 6. The van der Waals surface area contributed by atoms with E-state index in [0.717, 1.165) is 37.3 Å². The van der Waals surface area contributed by atoms with Crippen LogP contribution in [0.3, 0.4) is 0 Å². The fourth-order valence-corrected chi connectivity index (χ4v) is 2.14. The van der Waals surface area contributed by atoms with Crippen LogP contribution in [0.4, 0.5) is 5.82 Å². The fraction of sp³-hybridized carbons (Fsp3) is 0.625. The lowest BCUT2D eigenvalue weighted by Crippen LogP contribution is -2.39. The molecule has 0 saturated heterocycles. The number of nitrogens with zero attached hydrogens (tertiary/aromatic N) is 1.